The lowest BCUT2D eigenvalue weighted by Crippen LogP contribution is -2.41. The zero-order chi connectivity index (χ0) is 8.23. The second-order valence-electron chi connectivity index (χ2n) is 4.00. The van der Waals surface area contributed by atoms with Crippen LogP contribution in [0.3, 0.4) is 0 Å². The Hall–Kier alpha value is -0.0800. The smallest absolute Gasteiger partial charge is 0.00624 e. The third-order valence-electron chi connectivity index (χ3n) is 3.15. The molecule has 2 heterocycles. The van der Waals surface area contributed by atoms with Gasteiger partial charge in [-0.25, -0.2) is 0 Å². The van der Waals surface area contributed by atoms with Gasteiger partial charge in [-0.1, -0.05) is 19.3 Å². The number of nitrogens with zero attached hydrogens (tertiary/aromatic N) is 2. The standard InChI is InChI=1S/C10H19N2/c1-2-8-12(9-3-1)10-4-6-11-7-5-10/h10H,1-9H2/q-1. The summed E-state index contributed by atoms with van der Waals surface area (Å²) in [4.78, 5) is 2.69. The molecular weight excluding hydrogens is 148 g/mol. The van der Waals surface area contributed by atoms with Gasteiger partial charge in [0, 0.05) is 6.04 Å². The molecule has 2 fully saturated rings. The van der Waals surface area contributed by atoms with Crippen LogP contribution in [0.1, 0.15) is 32.1 Å². The molecule has 0 spiro atoms. The number of hydrogen-bond acceptors (Lipinski definition) is 1. The van der Waals surface area contributed by atoms with Crippen LogP contribution in [-0.4, -0.2) is 37.1 Å². The van der Waals surface area contributed by atoms with Gasteiger partial charge in [-0.05, 0) is 25.9 Å². The number of likely N-dealkylation sites (tertiary alicyclic amines) is 1. The van der Waals surface area contributed by atoms with Crippen molar-refractivity contribution in [2.24, 2.45) is 0 Å². The van der Waals surface area contributed by atoms with Crippen LogP contribution in [-0.2, 0) is 0 Å². The Kier molecular flexibility index (Phi) is 3.01. The van der Waals surface area contributed by atoms with E-state index >= 15 is 0 Å². The third kappa shape index (κ3) is 1.99. The molecule has 2 aliphatic rings. The van der Waals surface area contributed by atoms with Gasteiger partial charge < -0.3 is 10.2 Å². The molecule has 0 saturated carbocycles. The fourth-order valence-electron chi connectivity index (χ4n) is 2.39. The first-order valence-electron chi connectivity index (χ1n) is 5.34. The molecule has 0 aromatic rings. The molecule has 12 heavy (non-hydrogen) atoms. The second-order valence-corrected chi connectivity index (χ2v) is 4.00. The van der Waals surface area contributed by atoms with E-state index in [1.807, 2.05) is 0 Å². The predicted molar refractivity (Wildman–Crippen MR) is 51.5 cm³/mol. The van der Waals surface area contributed by atoms with Crippen molar-refractivity contribution < 1.29 is 0 Å². The molecule has 0 unspecified atom stereocenters. The zero-order valence-corrected chi connectivity index (χ0v) is 7.84. The Bertz CT molecular complexity index is 108. The molecule has 2 nitrogen and oxygen atoms in total. The van der Waals surface area contributed by atoms with Gasteiger partial charge in [0.25, 0.3) is 0 Å². The highest BCUT2D eigenvalue weighted by molar-refractivity contribution is 4.91. The van der Waals surface area contributed by atoms with Gasteiger partial charge in [0.2, 0.25) is 0 Å². The van der Waals surface area contributed by atoms with Crippen LogP contribution < -0.4 is 0 Å². The first-order chi connectivity index (χ1) is 5.97. The van der Waals surface area contributed by atoms with Crippen LogP contribution in [0.25, 0.3) is 5.32 Å². The summed E-state index contributed by atoms with van der Waals surface area (Å²) in [6.45, 7) is 4.93. The highest BCUT2D eigenvalue weighted by atomic mass is 15.2. The van der Waals surface area contributed by atoms with Crippen molar-refractivity contribution in [2.75, 3.05) is 26.2 Å². The Morgan fingerprint density at radius 1 is 0.917 bits per heavy atom. The molecule has 2 saturated heterocycles. The Morgan fingerprint density at radius 3 is 2.25 bits per heavy atom. The number of rotatable bonds is 1. The summed E-state index contributed by atoms with van der Waals surface area (Å²) in [7, 11) is 0. The van der Waals surface area contributed by atoms with Gasteiger partial charge in [-0.3, -0.25) is 0 Å². The van der Waals surface area contributed by atoms with Crippen molar-refractivity contribution in [1.82, 2.24) is 4.90 Å². The maximum absolute atomic E-state index is 4.40. The van der Waals surface area contributed by atoms with Crippen LogP contribution in [0, 0.1) is 0 Å². The zero-order valence-electron chi connectivity index (χ0n) is 7.84. The minimum Gasteiger partial charge on any atom is -0.662 e. The van der Waals surface area contributed by atoms with Gasteiger partial charge in [-0.15, -0.1) is 13.1 Å². The predicted octanol–water partition coefficient (Wildman–Crippen LogP) is 2.01. The molecule has 0 aromatic carbocycles. The summed E-state index contributed by atoms with van der Waals surface area (Å²) in [5.41, 5.74) is 0. The number of piperidine rings is 2. The summed E-state index contributed by atoms with van der Waals surface area (Å²) >= 11 is 0. The van der Waals surface area contributed by atoms with Crippen molar-refractivity contribution in [2.45, 2.75) is 38.1 Å². The Balaban J connectivity index is 1.80. The van der Waals surface area contributed by atoms with Crippen LogP contribution >= 0.6 is 0 Å². The Labute approximate surface area is 75.3 Å². The SMILES string of the molecule is C1CCN(C2CC[N-]CC2)CC1. The average Bonchev–Trinajstić information content (AvgIpc) is 2.21. The molecule has 2 aliphatic heterocycles. The largest absolute Gasteiger partial charge is 0.662 e. The summed E-state index contributed by atoms with van der Waals surface area (Å²) in [6, 6.07) is 0.878. The minimum atomic E-state index is 0.878. The van der Waals surface area contributed by atoms with E-state index < -0.39 is 0 Å². The van der Waals surface area contributed by atoms with E-state index in [4.69, 9.17) is 0 Å². The summed E-state index contributed by atoms with van der Waals surface area (Å²) < 4.78 is 0. The fraction of sp³-hybridized carbons (Fsp3) is 1.00. The highest BCUT2D eigenvalue weighted by Gasteiger charge is 2.18. The quantitative estimate of drug-likeness (QED) is 0.584. The molecule has 2 rings (SSSR count). The lowest BCUT2D eigenvalue weighted by Gasteiger charge is -2.41. The van der Waals surface area contributed by atoms with Crippen molar-refractivity contribution in [3.05, 3.63) is 5.32 Å². The summed E-state index contributed by atoms with van der Waals surface area (Å²) in [5.74, 6) is 0. The lowest BCUT2D eigenvalue weighted by molar-refractivity contribution is 0.147. The van der Waals surface area contributed by atoms with Crippen molar-refractivity contribution >= 4 is 0 Å². The van der Waals surface area contributed by atoms with Crippen LogP contribution in [0.15, 0.2) is 0 Å². The van der Waals surface area contributed by atoms with E-state index in [1.165, 1.54) is 45.2 Å². The fourth-order valence-corrected chi connectivity index (χ4v) is 2.39. The van der Waals surface area contributed by atoms with E-state index in [0.29, 0.717) is 0 Å². The molecule has 0 atom stereocenters. The van der Waals surface area contributed by atoms with Gasteiger partial charge in [0.15, 0.2) is 0 Å². The average molecular weight is 167 g/mol. The monoisotopic (exact) mass is 167 g/mol. The van der Waals surface area contributed by atoms with E-state index in [2.05, 4.69) is 10.2 Å². The molecule has 0 bridgehead atoms. The third-order valence-corrected chi connectivity index (χ3v) is 3.15. The van der Waals surface area contributed by atoms with Crippen molar-refractivity contribution in [3.8, 4) is 0 Å². The van der Waals surface area contributed by atoms with Crippen LogP contribution in [0.4, 0.5) is 0 Å². The normalized spacial score (nSPS) is 29.0. The molecule has 0 amide bonds. The second kappa shape index (κ2) is 4.24. The van der Waals surface area contributed by atoms with Gasteiger partial charge in [-0.2, -0.15) is 0 Å². The molecule has 70 valence electrons. The van der Waals surface area contributed by atoms with E-state index in [-0.39, 0.29) is 0 Å². The Morgan fingerprint density at radius 2 is 1.58 bits per heavy atom. The summed E-state index contributed by atoms with van der Waals surface area (Å²) in [5, 5.41) is 4.40. The van der Waals surface area contributed by atoms with Crippen molar-refractivity contribution in [1.29, 1.82) is 0 Å². The maximum atomic E-state index is 4.40. The van der Waals surface area contributed by atoms with E-state index in [9.17, 15) is 0 Å². The minimum absolute atomic E-state index is 0.878. The van der Waals surface area contributed by atoms with E-state index in [1.54, 1.807) is 0 Å². The maximum Gasteiger partial charge on any atom is 0.00624 e. The van der Waals surface area contributed by atoms with Crippen molar-refractivity contribution in [3.63, 3.8) is 0 Å². The molecule has 2 heteroatoms. The molecule has 0 aromatic heterocycles. The van der Waals surface area contributed by atoms with Gasteiger partial charge in [0.05, 0.1) is 0 Å². The van der Waals surface area contributed by atoms with Gasteiger partial charge in [0.1, 0.15) is 0 Å². The first-order valence-corrected chi connectivity index (χ1v) is 5.34. The topological polar surface area (TPSA) is 17.3 Å². The van der Waals surface area contributed by atoms with Gasteiger partial charge >= 0.3 is 0 Å². The highest BCUT2D eigenvalue weighted by Crippen LogP contribution is 2.20. The van der Waals surface area contributed by atoms with Crippen LogP contribution in [0.2, 0.25) is 0 Å². The molecule has 0 radical (unpaired) electrons. The van der Waals surface area contributed by atoms with Crippen LogP contribution in [0.5, 0.6) is 0 Å². The first kappa shape index (κ1) is 8.52. The molecule has 0 aliphatic carbocycles. The van der Waals surface area contributed by atoms with E-state index in [0.717, 1.165) is 19.1 Å². The number of hydrogen-bond donors (Lipinski definition) is 0. The molecule has 0 N–H and O–H groups in total. The lowest BCUT2D eigenvalue weighted by atomic mass is 10.0. The summed E-state index contributed by atoms with van der Waals surface area (Å²) in [6.07, 6.45) is 6.94. The molecular formula is C10H19N2-.